The van der Waals surface area contributed by atoms with Crippen molar-refractivity contribution in [2.75, 3.05) is 19.6 Å². The summed E-state index contributed by atoms with van der Waals surface area (Å²) in [6.45, 7) is 8.21. The molecule has 2 N–H and O–H groups in total. The van der Waals surface area contributed by atoms with Crippen molar-refractivity contribution in [3.05, 3.63) is 0 Å². The largest absolute Gasteiger partial charge is 0.329 e. The standard InChI is InChI=1S/C14H28N2/c1-12(2)13-5-7-14(11-15,8-6-13)16-9-3-4-10-16/h12-13H,3-11,15H2,1-2H3. The van der Waals surface area contributed by atoms with Gasteiger partial charge < -0.3 is 5.73 Å². The van der Waals surface area contributed by atoms with Crippen molar-refractivity contribution in [1.82, 2.24) is 4.90 Å². The highest BCUT2D eigenvalue weighted by molar-refractivity contribution is 4.97. The predicted octanol–water partition coefficient (Wildman–Crippen LogP) is 2.63. The van der Waals surface area contributed by atoms with E-state index < -0.39 is 0 Å². The summed E-state index contributed by atoms with van der Waals surface area (Å²) >= 11 is 0. The minimum atomic E-state index is 0.377. The smallest absolute Gasteiger partial charge is 0.0331 e. The van der Waals surface area contributed by atoms with Crippen molar-refractivity contribution >= 4 is 0 Å². The summed E-state index contributed by atoms with van der Waals surface area (Å²) in [7, 11) is 0. The minimum Gasteiger partial charge on any atom is -0.329 e. The number of hydrogen-bond acceptors (Lipinski definition) is 2. The zero-order valence-corrected chi connectivity index (χ0v) is 11.0. The molecule has 1 aliphatic heterocycles. The van der Waals surface area contributed by atoms with Gasteiger partial charge in [0.2, 0.25) is 0 Å². The molecule has 0 atom stereocenters. The van der Waals surface area contributed by atoms with E-state index in [4.69, 9.17) is 5.73 Å². The summed E-state index contributed by atoms with van der Waals surface area (Å²) in [4.78, 5) is 2.70. The summed E-state index contributed by atoms with van der Waals surface area (Å²) in [5.41, 5.74) is 6.47. The molecule has 0 unspecified atom stereocenters. The Labute approximate surface area is 101 Å². The topological polar surface area (TPSA) is 29.3 Å². The molecule has 1 saturated carbocycles. The van der Waals surface area contributed by atoms with Crippen LogP contribution in [-0.2, 0) is 0 Å². The molecule has 2 fully saturated rings. The van der Waals surface area contributed by atoms with Crippen LogP contribution in [0.25, 0.3) is 0 Å². The van der Waals surface area contributed by atoms with Crippen molar-refractivity contribution < 1.29 is 0 Å². The van der Waals surface area contributed by atoms with Gasteiger partial charge in [-0.05, 0) is 63.5 Å². The van der Waals surface area contributed by atoms with E-state index in [0.717, 1.165) is 18.4 Å². The first-order valence-corrected chi connectivity index (χ1v) is 7.13. The summed E-state index contributed by atoms with van der Waals surface area (Å²) in [5.74, 6) is 1.80. The first-order chi connectivity index (χ1) is 7.68. The van der Waals surface area contributed by atoms with Crippen molar-refractivity contribution in [3.63, 3.8) is 0 Å². The minimum absolute atomic E-state index is 0.377. The Morgan fingerprint density at radius 2 is 1.75 bits per heavy atom. The molecule has 0 amide bonds. The summed E-state index contributed by atoms with van der Waals surface area (Å²) in [5, 5.41) is 0. The molecule has 2 nitrogen and oxygen atoms in total. The molecule has 2 rings (SSSR count). The van der Waals surface area contributed by atoms with Crippen LogP contribution < -0.4 is 5.73 Å². The second-order valence-corrected chi connectivity index (χ2v) is 6.20. The molecule has 0 spiro atoms. The van der Waals surface area contributed by atoms with Crippen molar-refractivity contribution in [1.29, 1.82) is 0 Å². The van der Waals surface area contributed by atoms with E-state index in [0.29, 0.717) is 5.54 Å². The van der Waals surface area contributed by atoms with Gasteiger partial charge in [0, 0.05) is 12.1 Å². The number of hydrogen-bond donors (Lipinski definition) is 1. The average Bonchev–Trinajstić information content (AvgIpc) is 2.83. The molecular weight excluding hydrogens is 196 g/mol. The molecule has 1 heterocycles. The molecule has 0 radical (unpaired) electrons. The number of likely N-dealkylation sites (tertiary alicyclic amines) is 1. The number of rotatable bonds is 3. The fourth-order valence-electron chi connectivity index (χ4n) is 3.69. The Hall–Kier alpha value is -0.0800. The maximum absolute atomic E-state index is 6.10. The van der Waals surface area contributed by atoms with Crippen molar-refractivity contribution in [2.24, 2.45) is 17.6 Å². The van der Waals surface area contributed by atoms with E-state index in [9.17, 15) is 0 Å². The molecule has 94 valence electrons. The fourth-order valence-corrected chi connectivity index (χ4v) is 3.69. The third-order valence-electron chi connectivity index (χ3n) is 5.06. The van der Waals surface area contributed by atoms with Crippen LogP contribution in [0.3, 0.4) is 0 Å². The van der Waals surface area contributed by atoms with E-state index in [-0.39, 0.29) is 0 Å². The van der Waals surface area contributed by atoms with Gasteiger partial charge in [0.15, 0.2) is 0 Å². The SMILES string of the molecule is CC(C)C1CCC(CN)(N2CCCC2)CC1. The van der Waals surface area contributed by atoms with E-state index >= 15 is 0 Å². The van der Waals surface area contributed by atoms with Gasteiger partial charge in [-0.1, -0.05) is 13.8 Å². The van der Waals surface area contributed by atoms with Crippen LogP contribution in [0.15, 0.2) is 0 Å². The average molecular weight is 224 g/mol. The Morgan fingerprint density at radius 1 is 1.19 bits per heavy atom. The maximum atomic E-state index is 6.10. The van der Waals surface area contributed by atoms with E-state index in [1.807, 2.05) is 0 Å². The quantitative estimate of drug-likeness (QED) is 0.798. The predicted molar refractivity (Wildman–Crippen MR) is 69.4 cm³/mol. The van der Waals surface area contributed by atoms with Crippen molar-refractivity contribution in [2.45, 2.75) is 57.9 Å². The van der Waals surface area contributed by atoms with Gasteiger partial charge in [-0.2, -0.15) is 0 Å². The molecule has 1 aliphatic carbocycles. The van der Waals surface area contributed by atoms with Crippen molar-refractivity contribution in [3.8, 4) is 0 Å². The van der Waals surface area contributed by atoms with Crippen LogP contribution in [0.2, 0.25) is 0 Å². The van der Waals surface area contributed by atoms with Crippen LogP contribution in [-0.4, -0.2) is 30.1 Å². The van der Waals surface area contributed by atoms with Gasteiger partial charge in [0.1, 0.15) is 0 Å². The van der Waals surface area contributed by atoms with Gasteiger partial charge in [-0.3, -0.25) is 4.90 Å². The van der Waals surface area contributed by atoms with E-state index in [1.165, 1.54) is 51.6 Å². The molecule has 0 bridgehead atoms. The summed E-state index contributed by atoms with van der Waals surface area (Å²) in [6, 6.07) is 0. The van der Waals surface area contributed by atoms with Gasteiger partial charge in [0.25, 0.3) is 0 Å². The van der Waals surface area contributed by atoms with E-state index in [1.54, 1.807) is 0 Å². The first kappa shape index (κ1) is 12.4. The number of nitrogens with two attached hydrogens (primary N) is 1. The van der Waals surface area contributed by atoms with Crippen LogP contribution in [0.4, 0.5) is 0 Å². The van der Waals surface area contributed by atoms with Gasteiger partial charge >= 0.3 is 0 Å². The molecule has 2 aliphatic rings. The Morgan fingerprint density at radius 3 is 2.19 bits per heavy atom. The molecule has 0 aromatic carbocycles. The first-order valence-electron chi connectivity index (χ1n) is 7.13. The lowest BCUT2D eigenvalue weighted by atomic mass is 9.72. The summed E-state index contributed by atoms with van der Waals surface area (Å²) in [6.07, 6.45) is 8.24. The Kier molecular flexibility index (Phi) is 3.91. The normalized spacial score (nSPS) is 37.1. The fraction of sp³-hybridized carbons (Fsp3) is 1.00. The lowest BCUT2D eigenvalue weighted by Gasteiger charge is -2.46. The third kappa shape index (κ3) is 2.28. The third-order valence-corrected chi connectivity index (χ3v) is 5.06. The summed E-state index contributed by atoms with van der Waals surface area (Å²) < 4.78 is 0. The zero-order chi connectivity index (χ0) is 11.6. The Balaban J connectivity index is 1.97. The highest BCUT2D eigenvalue weighted by atomic mass is 15.2. The lowest BCUT2D eigenvalue weighted by Crippen LogP contribution is -2.54. The maximum Gasteiger partial charge on any atom is 0.0331 e. The highest BCUT2D eigenvalue weighted by Crippen LogP contribution is 2.40. The van der Waals surface area contributed by atoms with E-state index in [2.05, 4.69) is 18.7 Å². The van der Waals surface area contributed by atoms with Crippen LogP contribution in [0.1, 0.15) is 52.4 Å². The van der Waals surface area contributed by atoms with Gasteiger partial charge in [0.05, 0.1) is 0 Å². The molecule has 1 saturated heterocycles. The monoisotopic (exact) mass is 224 g/mol. The highest BCUT2D eigenvalue weighted by Gasteiger charge is 2.40. The van der Waals surface area contributed by atoms with Crippen LogP contribution >= 0.6 is 0 Å². The van der Waals surface area contributed by atoms with Crippen LogP contribution in [0.5, 0.6) is 0 Å². The molecule has 2 heteroatoms. The second-order valence-electron chi connectivity index (χ2n) is 6.20. The van der Waals surface area contributed by atoms with Gasteiger partial charge in [-0.15, -0.1) is 0 Å². The van der Waals surface area contributed by atoms with Gasteiger partial charge in [-0.25, -0.2) is 0 Å². The molecule has 0 aromatic heterocycles. The second kappa shape index (κ2) is 5.05. The molecular formula is C14H28N2. The molecule has 0 aromatic rings. The molecule has 16 heavy (non-hydrogen) atoms. The number of nitrogens with zero attached hydrogens (tertiary/aromatic N) is 1. The Bertz CT molecular complexity index is 211. The zero-order valence-electron chi connectivity index (χ0n) is 11.0. The lowest BCUT2D eigenvalue weighted by molar-refractivity contribution is 0.0538. The van der Waals surface area contributed by atoms with Crippen LogP contribution in [0, 0.1) is 11.8 Å².